The lowest BCUT2D eigenvalue weighted by molar-refractivity contribution is -0.126. The van der Waals surface area contributed by atoms with Crippen LogP contribution in [0.5, 0.6) is 0 Å². The van der Waals surface area contributed by atoms with Crippen LogP contribution >= 0.6 is 0 Å². The first kappa shape index (κ1) is 18.5. The van der Waals surface area contributed by atoms with Crippen molar-refractivity contribution in [1.29, 1.82) is 0 Å². The van der Waals surface area contributed by atoms with Crippen LogP contribution in [0.4, 0.5) is 5.82 Å². The van der Waals surface area contributed by atoms with Crippen LogP contribution in [0.2, 0.25) is 0 Å². The number of amides is 2. The molecule has 2 fully saturated rings. The molecule has 2 saturated heterocycles. The summed E-state index contributed by atoms with van der Waals surface area (Å²) in [6.45, 7) is 3.78. The summed E-state index contributed by atoms with van der Waals surface area (Å²) >= 11 is 0. The fourth-order valence-corrected chi connectivity index (χ4v) is 3.89. The Bertz CT molecular complexity index is 790. The van der Waals surface area contributed by atoms with Crippen LogP contribution in [0.25, 0.3) is 0 Å². The molecule has 2 aromatic heterocycles. The van der Waals surface area contributed by atoms with Crippen molar-refractivity contribution >= 4 is 17.6 Å². The lowest BCUT2D eigenvalue weighted by Crippen LogP contribution is -2.42. The third-order valence-electron chi connectivity index (χ3n) is 5.59. The molecule has 2 aliphatic rings. The Balaban J connectivity index is 1.23. The monoisotopic (exact) mass is 382 g/mol. The Kier molecular flexibility index (Phi) is 5.60. The maximum Gasteiger partial charge on any atom is 0.289 e. The normalized spacial score (nSPS) is 17.7. The summed E-state index contributed by atoms with van der Waals surface area (Å²) in [6, 6.07) is 7.45. The number of piperidine rings is 1. The second kappa shape index (κ2) is 8.46. The first-order chi connectivity index (χ1) is 13.7. The van der Waals surface area contributed by atoms with E-state index in [1.165, 1.54) is 19.1 Å². The molecular formula is C21H26N4O3. The van der Waals surface area contributed by atoms with Gasteiger partial charge >= 0.3 is 0 Å². The number of carbonyl (C=O) groups excluding carboxylic acids is 2. The van der Waals surface area contributed by atoms with E-state index in [1.54, 1.807) is 17.0 Å². The third-order valence-corrected chi connectivity index (χ3v) is 5.59. The van der Waals surface area contributed by atoms with Gasteiger partial charge in [-0.05, 0) is 49.4 Å². The molecule has 0 bridgehead atoms. The number of furan rings is 1. The Morgan fingerprint density at radius 3 is 2.54 bits per heavy atom. The number of pyridine rings is 1. The van der Waals surface area contributed by atoms with Crippen molar-refractivity contribution < 1.29 is 14.0 Å². The van der Waals surface area contributed by atoms with Crippen molar-refractivity contribution in [2.24, 2.45) is 5.92 Å². The van der Waals surface area contributed by atoms with Gasteiger partial charge in [-0.1, -0.05) is 6.07 Å². The predicted octanol–water partition coefficient (Wildman–Crippen LogP) is 2.44. The molecule has 0 aliphatic carbocycles. The zero-order chi connectivity index (χ0) is 19.3. The van der Waals surface area contributed by atoms with Gasteiger partial charge in [0.1, 0.15) is 5.82 Å². The average molecular weight is 382 g/mol. The molecule has 4 heterocycles. The number of likely N-dealkylation sites (tertiary alicyclic amines) is 1. The van der Waals surface area contributed by atoms with Gasteiger partial charge in [-0.3, -0.25) is 9.59 Å². The number of nitrogens with one attached hydrogen (secondary N) is 1. The molecule has 4 rings (SSSR count). The second-order valence-corrected chi connectivity index (χ2v) is 7.48. The molecule has 0 unspecified atom stereocenters. The quantitative estimate of drug-likeness (QED) is 0.859. The zero-order valence-electron chi connectivity index (χ0n) is 16.0. The van der Waals surface area contributed by atoms with E-state index >= 15 is 0 Å². The van der Waals surface area contributed by atoms with Gasteiger partial charge < -0.3 is 19.5 Å². The minimum atomic E-state index is -0.104. The average Bonchev–Trinajstić information content (AvgIpc) is 3.46. The van der Waals surface area contributed by atoms with Crippen LogP contribution in [0.3, 0.4) is 0 Å². The summed E-state index contributed by atoms with van der Waals surface area (Å²) in [7, 11) is 0. The van der Waals surface area contributed by atoms with Gasteiger partial charge in [0.15, 0.2) is 5.76 Å². The minimum absolute atomic E-state index is 0.0497. The Morgan fingerprint density at radius 2 is 1.89 bits per heavy atom. The van der Waals surface area contributed by atoms with Gasteiger partial charge in [0.2, 0.25) is 5.91 Å². The SMILES string of the molecule is O=C(NCc1ccc(N2CCCC2)nc1)C1CCN(C(=O)c2ccco2)CC1. The first-order valence-corrected chi connectivity index (χ1v) is 10.0. The van der Waals surface area contributed by atoms with E-state index in [1.807, 2.05) is 18.3 Å². The molecule has 0 atom stereocenters. The maximum absolute atomic E-state index is 12.5. The molecule has 0 saturated carbocycles. The van der Waals surface area contributed by atoms with Gasteiger partial charge in [-0.15, -0.1) is 0 Å². The van der Waals surface area contributed by atoms with Crippen molar-refractivity contribution in [3.8, 4) is 0 Å². The highest BCUT2D eigenvalue weighted by Crippen LogP contribution is 2.20. The van der Waals surface area contributed by atoms with E-state index < -0.39 is 0 Å². The Morgan fingerprint density at radius 1 is 1.11 bits per heavy atom. The van der Waals surface area contributed by atoms with Crippen LogP contribution in [-0.4, -0.2) is 47.9 Å². The van der Waals surface area contributed by atoms with E-state index in [2.05, 4.69) is 15.2 Å². The van der Waals surface area contributed by atoms with Gasteiger partial charge in [-0.2, -0.15) is 0 Å². The van der Waals surface area contributed by atoms with E-state index in [4.69, 9.17) is 4.42 Å². The summed E-state index contributed by atoms with van der Waals surface area (Å²) in [4.78, 5) is 33.4. The third kappa shape index (κ3) is 4.18. The number of rotatable bonds is 5. The van der Waals surface area contributed by atoms with Gasteiger partial charge in [0.05, 0.1) is 6.26 Å². The van der Waals surface area contributed by atoms with E-state index in [9.17, 15) is 9.59 Å². The smallest absolute Gasteiger partial charge is 0.289 e. The fraction of sp³-hybridized carbons (Fsp3) is 0.476. The molecule has 2 aliphatic heterocycles. The molecule has 0 spiro atoms. The number of hydrogen-bond donors (Lipinski definition) is 1. The summed E-state index contributed by atoms with van der Waals surface area (Å²) in [6.07, 6.45) is 7.14. The molecule has 0 radical (unpaired) electrons. The summed E-state index contributed by atoms with van der Waals surface area (Å²) in [5, 5.41) is 3.01. The standard InChI is InChI=1S/C21H26N4O3/c26-20(17-7-11-25(12-8-17)21(27)18-4-3-13-28-18)23-15-16-5-6-19(22-14-16)24-9-1-2-10-24/h3-6,13-14,17H,1-2,7-12,15H2,(H,23,26). The van der Waals surface area contributed by atoms with Crippen LogP contribution in [0.1, 0.15) is 41.8 Å². The maximum atomic E-state index is 12.5. The molecule has 7 heteroatoms. The van der Waals surface area contributed by atoms with Gasteiger partial charge in [0, 0.05) is 44.8 Å². The molecule has 148 valence electrons. The van der Waals surface area contributed by atoms with E-state index in [-0.39, 0.29) is 17.7 Å². The van der Waals surface area contributed by atoms with E-state index in [0.29, 0.717) is 38.2 Å². The molecule has 7 nitrogen and oxygen atoms in total. The predicted molar refractivity (Wildman–Crippen MR) is 105 cm³/mol. The molecule has 0 aromatic carbocycles. The van der Waals surface area contributed by atoms with Crippen molar-refractivity contribution in [3.63, 3.8) is 0 Å². The van der Waals surface area contributed by atoms with Crippen molar-refractivity contribution in [3.05, 3.63) is 48.0 Å². The topological polar surface area (TPSA) is 78.7 Å². The highest BCUT2D eigenvalue weighted by molar-refractivity contribution is 5.91. The fourth-order valence-electron chi connectivity index (χ4n) is 3.89. The van der Waals surface area contributed by atoms with Crippen LogP contribution < -0.4 is 10.2 Å². The number of anilines is 1. The lowest BCUT2D eigenvalue weighted by Gasteiger charge is -2.30. The van der Waals surface area contributed by atoms with E-state index in [0.717, 1.165) is 24.5 Å². The molecule has 1 N–H and O–H groups in total. The van der Waals surface area contributed by atoms with Crippen LogP contribution in [-0.2, 0) is 11.3 Å². The number of nitrogens with zero attached hydrogens (tertiary/aromatic N) is 3. The zero-order valence-corrected chi connectivity index (χ0v) is 16.0. The molecule has 28 heavy (non-hydrogen) atoms. The first-order valence-electron chi connectivity index (χ1n) is 10.0. The Hall–Kier alpha value is -2.83. The minimum Gasteiger partial charge on any atom is -0.459 e. The number of carbonyl (C=O) groups is 2. The Labute approximate surface area is 164 Å². The lowest BCUT2D eigenvalue weighted by atomic mass is 9.95. The number of aromatic nitrogens is 1. The molecule has 2 aromatic rings. The number of hydrogen-bond acceptors (Lipinski definition) is 5. The summed E-state index contributed by atoms with van der Waals surface area (Å²) < 4.78 is 5.17. The van der Waals surface area contributed by atoms with Gasteiger partial charge in [-0.25, -0.2) is 4.98 Å². The largest absolute Gasteiger partial charge is 0.459 e. The summed E-state index contributed by atoms with van der Waals surface area (Å²) in [5.74, 6) is 1.26. The summed E-state index contributed by atoms with van der Waals surface area (Å²) in [5.41, 5.74) is 1.00. The van der Waals surface area contributed by atoms with Gasteiger partial charge in [0.25, 0.3) is 5.91 Å². The molecular weight excluding hydrogens is 356 g/mol. The molecule has 2 amide bonds. The van der Waals surface area contributed by atoms with Crippen LogP contribution in [0.15, 0.2) is 41.1 Å². The highest BCUT2D eigenvalue weighted by Gasteiger charge is 2.28. The van der Waals surface area contributed by atoms with Crippen molar-refractivity contribution in [2.75, 3.05) is 31.1 Å². The highest BCUT2D eigenvalue weighted by atomic mass is 16.3. The van der Waals surface area contributed by atoms with Crippen molar-refractivity contribution in [1.82, 2.24) is 15.2 Å². The second-order valence-electron chi connectivity index (χ2n) is 7.48. The van der Waals surface area contributed by atoms with Crippen molar-refractivity contribution in [2.45, 2.75) is 32.2 Å². The van der Waals surface area contributed by atoms with Crippen LogP contribution in [0, 0.1) is 5.92 Å².